The van der Waals surface area contributed by atoms with Crippen LogP contribution in [0.1, 0.15) is 15.9 Å². The minimum atomic E-state index is -0.327. The highest BCUT2D eigenvalue weighted by Crippen LogP contribution is 2.34. The second kappa shape index (κ2) is 4.68. The van der Waals surface area contributed by atoms with E-state index in [1.165, 1.54) is 0 Å². The molecular weight excluding hydrogens is 298 g/mol. The number of halogens is 1. The lowest BCUT2D eigenvalue weighted by molar-refractivity contribution is -0.355. The Morgan fingerprint density at radius 2 is 1.64 bits per heavy atom. The number of benzene rings is 3. The molecule has 0 atom stereocenters. The lowest BCUT2D eigenvalue weighted by atomic mass is 9.97. The molecule has 22 heavy (non-hydrogen) atoms. The van der Waals surface area contributed by atoms with Gasteiger partial charge in [0.1, 0.15) is 5.56 Å². The molecule has 106 valence electrons. The van der Waals surface area contributed by atoms with Gasteiger partial charge in [-0.2, -0.15) is 4.74 Å². The van der Waals surface area contributed by atoms with Crippen LogP contribution < -0.4 is 0 Å². The monoisotopic (exact) mass is 307 g/mol. The topological polar surface area (TPSA) is 43.1 Å². The molecule has 1 aliphatic rings. The first-order valence-electron chi connectivity index (χ1n) is 6.84. The number of hydrogen-bond donors (Lipinski definition) is 0. The van der Waals surface area contributed by atoms with Crippen LogP contribution in [0, 0.1) is 5.21 Å². The lowest BCUT2D eigenvalue weighted by Crippen LogP contribution is -2.17. The van der Waals surface area contributed by atoms with Crippen LogP contribution in [-0.2, 0) is 0 Å². The van der Waals surface area contributed by atoms with E-state index < -0.39 is 0 Å². The second-order valence-electron chi connectivity index (χ2n) is 5.13. The van der Waals surface area contributed by atoms with E-state index in [9.17, 15) is 10.0 Å². The summed E-state index contributed by atoms with van der Waals surface area (Å²) >= 11 is 6.10. The Morgan fingerprint density at radius 1 is 0.909 bits per heavy atom. The van der Waals surface area contributed by atoms with E-state index in [2.05, 4.69) is 0 Å². The van der Waals surface area contributed by atoms with Crippen molar-refractivity contribution in [3.05, 3.63) is 82.0 Å². The third kappa shape index (κ3) is 1.69. The fourth-order valence-corrected chi connectivity index (χ4v) is 3.16. The summed E-state index contributed by atoms with van der Waals surface area (Å²) in [5.41, 5.74) is 1.34. The molecular formula is C18H10ClNO2. The van der Waals surface area contributed by atoms with Gasteiger partial charge < -0.3 is 5.21 Å². The van der Waals surface area contributed by atoms with Gasteiger partial charge in [-0.1, -0.05) is 54.1 Å². The molecule has 0 saturated carbocycles. The molecule has 0 aliphatic carbocycles. The van der Waals surface area contributed by atoms with Gasteiger partial charge in [0, 0.05) is 6.07 Å². The highest BCUT2D eigenvalue weighted by Gasteiger charge is 2.38. The van der Waals surface area contributed by atoms with Gasteiger partial charge in [-0.05, 0) is 22.9 Å². The van der Waals surface area contributed by atoms with Crippen LogP contribution in [0.15, 0.2) is 60.7 Å². The van der Waals surface area contributed by atoms with Gasteiger partial charge in [0.2, 0.25) is 5.69 Å². The highest BCUT2D eigenvalue weighted by atomic mass is 35.5. The molecule has 1 heterocycles. The van der Waals surface area contributed by atoms with Gasteiger partial charge in [0.05, 0.1) is 10.6 Å². The third-order valence-corrected chi connectivity index (χ3v) is 4.22. The summed E-state index contributed by atoms with van der Waals surface area (Å²) in [4.78, 5) is 12.7. The minimum Gasteiger partial charge on any atom is -0.618 e. The SMILES string of the molecule is O=C1C(c2cccc3ccccc23)=[N+]([O-])c2cccc(Cl)c21. The standard InChI is InChI=1S/C18H10ClNO2/c19-14-9-4-10-15-16(14)18(21)17(20(15)22)13-8-3-6-11-5-1-2-7-12(11)13/h1-10H. The van der Waals surface area contributed by atoms with Crippen LogP contribution in [0.3, 0.4) is 0 Å². The predicted octanol–water partition coefficient (Wildman–Crippen LogP) is 4.32. The molecule has 3 aromatic carbocycles. The summed E-state index contributed by atoms with van der Waals surface area (Å²) in [6.07, 6.45) is 0. The fourth-order valence-electron chi connectivity index (χ4n) is 2.90. The van der Waals surface area contributed by atoms with Crippen molar-refractivity contribution in [3.8, 4) is 0 Å². The number of fused-ring (bicyclic) bond motifs is 2. The summed E-state index contributed by atoms with van der Waals surface area (Å²) in [6.45, 7) is 0. The first-order chi connectivity index (χ1) is 10.7. The first-order valence-corrected chi connectivity index (χ1v) is 7.22. The average molecular weight is 308 g/mol. The van der Waals surface area contributed by atoms with Crippen molar-refractivity contribution in [2.45, 2.75) is 0 Å². The van der Waals surface area contributed by atoms with Crippen molar-refractivity contribution in [1.29, 1.82) is 0 Å². The average Bonchev–Trinajstić information content (AvgIpc) is 2.79. The Bertz CT molecular complexity index is 970. The molecule has 0 radical (unpaired) electrons. The number of carbonyl (C=O) groups is 1. The number of nitrogens with zero attached hydrogens (tertiary/aromatic N) is 1. The molecule has 3 nitrogen and oxygen atoms in total. The maximum Gasteiger partial charge on any atom is 0.273 e. The largest absolute Gasteiger partial charge is 0.618 e. The van der Waals surface area contributed by atoms with Crippen molar-refractivity contribution in [2.24, 2.45) is 0 Å². The predicted molar refractivity (Wildman–Crippen MR) is 87.1 cm³/mol. The Kier molecular flexibility index (Phi) is 2.78. The van der Waals surface area contributed by atoms with E-state index in [0.29, 0.717) is 21.0 Å². The summed E-state index contributed by atoms with van der Waals surface area (Å²) in [5.74, 6) is -0.327. The van der Waals surface area contributed by atoms with E-state index in [0.717, 1.165) is 10.8 Å². The Hall–Kier alpha value is -2.65. The van der Waals surface area contributed by atoms with Crippen LogP contribution >= 0.6 is 11.6 Å². The van der Waals surface area contributed by atoms with Gasteiger partial charge >= 0.3 is 0 Å². The summed E-state index contributed by atoms with van der Waals surface area (Å²) in [7, 11) is 0. The summed E-state index contributed by atoms with van der Waals surface area (Å²) in [5, 5.41) is 14.8. The molecule has 1 aliphatic heterocycles. The smallest absolute Gasteiger partial charge is 0.273 e. The van der Waals surface area contributed by atoms with Gasteiger partial charge in [0.25, 0.3) is 11.5 Å². The van der Waals surface area contributed by atoms with Gasteiger partial charge in [0.15, 0.2) is 0 Å². The van der Waals surface area contributed by atoms with Crippen molar-refractivity contribution in [1.82, 2.24) is 0 Å². The summed E-state index contributed by atoms with van der Waals surface area (Å²) < 4.78 is 0.686. The molecule has 0 amide bonds. The minimum absolute atomic E-state index is 0.125. The second-order valence-corrected chi connectivity index (χ2v) is 5.54. The Morgan fingerprint density at radius 3 is 2.45 bits per heavy atom. The van der Waals surface area contributed by atoms with E-state index in [1.54, 1.807) is 24.3 Å². The van der Waals surface area contributed by atoms with Crippen molar-refractivity contribution in [3.63, 3.8) is 0 Å². The van der Waals surface area contributed by atoms with Crippen molar-refractivity contribution in [2.75, 3.05) is 0 Å². The number of hydrogen-bond acceptors (Lipinski definition) is 2. The molecule has 4 heteroatoms. The van der Waals surface area contributed by atoms with Crippen LogP contribution in [0.2, 0.25) is 5.02 Å². The van der Waals surface area contributed by atoms with E-state index in [-0.39, 0.29) is 17.1 Å². The Labute approximate surface area is 131 Å². The van der Waals surface area contributed by atoms with E-state index in [1.807, 2.05) is 36.4 Å². The molecule has 0 unspecified atom stereocenters. The number of Topliss-reactive ketones (excluding diaryl/α,β-unsaturated/α-hetero) is 1. The zero-order valence-electron chi connectivity index (χ0n) is 11.4. The molecule has 4 rings (SSSR count). The highest BCUT2D eigenvalue weighted by molar-refractivity contribution is 6.55. The van der Waals surface area contributed by atoms with Crippen LogP contribution in [0.25, 0.3) is 10.8 Å². The molecule has 3 aromatic rings. The fraction of sp³-hybridized carbons (Fsp3) is 0. The van der Waals surface area contributed by atoms with Gasteiger partial charge in [-0.25, -0.2) is 0 Å². The van der Waals surface area contributed by atoms with Crippen molar-refractivity contribution >= 4 is 39.6 Å². The first kappa shape index (κ1) is 13.0. The molecule has 0 N–H and O–H groups in total. The zero-order valence-corrected chi connectivity index (χ0v) is 12.2. The molecule has 0 saturated heterocycles. The Balaban J connectivity index is 2.03. The van der Waals surface area contributed by atoms with Crippen LogP contribution in [0.4, 0.5) is 5.69 Å². The molecule has 0 spiro atoms. The van der Waals surface area contributed by atoms with Crippen LogP contribution in [-0.4, -0.2) is 16.2 Å². The number of rotatable bonds is 1. The van der Waals surface area contributed by atoms with Crippen LogP contribution in [0.5, 0.6) is 0 Å². The van der Waals surface area contributed by atoms with Gasteiger partial charge in [-0.3, -0.25) is 4.79 Å². The normalized spacial score (nSPS) is 13.8. The van der Waals surface area contributed by atoms with Gasteiger partial charge in [-0.15, -0.1) is 0 Å². The third-order valence-electron chi connectivity index (χ3n) is 3.90. The lowest BCUT2D eigenvalue weighted by Gasteiger charge is -2.05. The molecule has 0 fully saturated rings. The zero-order chi connectivity index (χ0) is 15.3. The van der Waals surface area contributed by atoms with Crippen molar-refractivity contribution < 1.29 is 9.53 Å². The number of ketones is 1. The number of carbonyl (C=O) groups excluding carboxylic acids is 1. The quantitative estimate of drug-likeness (QED) is 0.496. The molecule has 0 bridgehead atoms. The maximum absolute atomic E-state index is 12.7. The summed E-state index contributed by atoms with van der Waals surface area (Å²) in [6, 6.07) is 18.2. The maximum atomic E-state index is 12.7. The van der Waals surface area contributed by atoms with E-state index in [4.69, 9.17) is 11.6 Å². The van der Waals surface area contributed by atoms with E-state index >= 15 is 0 Å². The molecule has 0 aromatic heterocycles.